The molecule has 0 bridgehead atoms. The van der Waals surface area contributed by atoms with Crippen molar-refractivity contribution in [2.45, 2.75) is 103 Å². The van der Waals surface area contributed by atoms with Crippen LogP contribution in [-0.2, 0) is 25.8 Å². The number of allylic oxidation sites excluding steroid dienone is 2. The van der Waals surface area contributed by atoms with Crippen molar-refractivity contribution in [3.05, 3.63) is 127 Å². The first kappa shape index (κ1) is 50.0. The van der Waals surface area contributed by atoms with Gasteiger partial charge in [0.05, 0.1) is 13.2 Å². The Kier molecular flexibility index (Phi) is 15.3. The van der Waals surface area contributed by atoms with Crippen LogP contribution in [0.15, 0.2) is 101 Å². The molecular formula is C50H57F3N4O3S2Si2. The lowest BCUT2D eigenvalue weighted by molar-refractivity contribution is -0.249. The first-order chi connectivity index (χ1) is 29.9. The van der Waals surface area contributed by atoms with E-state index in [2.05, 4.69) is 116 Å². The summed E-state index contributed by atoms with van der Waals surface area (Å²) in [6, 6.07) is 26.7. The molecule has 0 amide bonds. The fourth-order valence-electron chi connectivity index (χ4n) is 6.56. The van der Waals surface area contributed by atoms with Gasteiger partial charge in [-0.1, -0.05) is 90.1 Å². The molecule has 2 aromatic carbocycles. The molecule has 7 nitrogen and oxygen atoms in total. The normalized spacial score (nSPS) is 16.3. The molecule has 5 rings (SSSR count). The fraction of sp³-hybridized carbons (Fsp3) is 0.380. The fourth-order valence-corrected chi connectivity index (χ4v) is 10.4. The lowest BCUT2D eigenvalue weighted by Crippen LogP contribution is -2.43. The molecule has 64 heavy (non-hydrogen) atoms. The third-order valence-corrected chi connectivity index (χ3v) is 23.7. The Balaban J connectivity index is 1.47. The van der Waals surface area contributed by atoms with E-state index in [-0.39, 0.29) is 22.2 Å². The summed E-state index contributed by atoms with van der Waals surface area (Å²) in [4.78, 5) is 5.95. The number of rotatable bonds is 15. The highest BCUT2D eigenvalue weighted by atomic mass is 32.1. The minimum absolute atomic E-state index is 0.0917. The lowest BCUT2D eigenvalue weighted by atomic mass is 9.84. The Morgan fingerprint density at radius 3 is 1.95 bits per heavy atom. The molecule has 0 spiro atoms. The molecule has 0 saturated heterocycles. The van der Waals surface area contributed by atoms with E-state index in [9.17, 15) is 15.8 Å². The van der Waals surface area contributed by atoms with Crippen molar-refractivity contribution in [2.75, 3.05) is 24.6 Å². The first-order valence-corrected chi connectivity index (χ1v) is 28.6. The zero-order valence-electron chi connectivity index (χ0n) is 38.5. The second kappa shape index (κ2) is 19.6. The zero-order valence-corrected chi connectivity index (χ0v) is 42.2. The first-order valence-electron chi connectivity index (χ1n) is 21.2. The Hall–Kier alpha value is -4.99. The van der Waals surface area contributed by atoms with Gasteiger partial charge in [-0.2, -0.15) is 29.0 Å². The number of ether oxygens (including phenoxy) is 1. The van der Waals surface area contributed by atoms with Crippen LogP contribution in [0.2, 0.25) is 36.3 Å². The zero-order chi connectivity index (χ0) is 47.3. The van der Waals surface area contributed by atoms with Crippen LogP contribution in [0.25, 0.3) is 28.7 Å². The molecule has 0 fully saturated rings. The summed E-state index contributed by atoms with van der Waals surface area (Å²) in [6.45, 7) is 26.8. The Bertz CT molecular complexity index is 2540. The number of hydrogen-bond acceptors (Lipinski definition) is 9. The standard InChI is InChI=1S/C50H57F3N4O3S2Si2/c1-12-57(28-29-58-63(8,9)47(2,3)4)39-20-18-35(19-21-39)44-26-24-40(61-44)22-23-41-30-36(34-59-64(10,11)48(5,6)7)45(62-41)27-25-43-42(33-56)46(37(31-54)32-55)60-49(43,50(51,52)53)38-16-14-13-15-17-38/h13-27,30H,12,28-29,34H2,1-11H3/b23-22+,27-25+. The van der Waals surface area contributed by atoms with E-state index in [0.29, 0.717) is 11.5 Å². The van der Waals surface area contributed by atoms with Crippen LogP contribution in [0.3, 0.4) is 0 Å². The minimum atomic E-state index is -5.09. The van der Waals surface area contributed by atoms with Gasteiger partial charge in [0.25, 0.3) is 5.60 Å². The van der Waals surface area contributed by atoms with Gasteiger partial charge in [0, 0.05) is 49.4 Å². The number of anilines is 1. The molecule has 0 aliphatic carbocycles. The Morgan fingerprint density at radius 2 is 1.39 bits per heavy atom. The molecule has 1 aliphatic heterocycles. The van der Waals surface area contributed by atoms with Gasteiger partial charge in [-0.3, -0.25) is 0 Å². The van der Waals surface area contributed by atoms with Crippen LogP contribution in [0.1, 0.15) is 74.2 Å². The van der Waals surface area contributed by atoms with Gasteiger partial charge < -0.3 is 18.5 Å². The number of thiophene rings is 2. The van der Waals surface area contributed by atoms with E-state index in [0.717, 1.165) is 44.5 Å². The predicted molar refractivity (Wildman–Crippen MR) is 261 cm³/mol. The van der Waals surface area contributed by atoms with Crippen molar-refractivity contribution >= 4 is 63.2 Å². The Morgan fingerprint density at radius 1 is 0.781 bits per heavy atom. The second-order valence-electron chi connectivity index (χ2n) is 18.7. The number of nitrogens with zero attached hydrogens (tertiary/aromatic N) is 4. The molecule has 4 aromatic rings. The van der Waals surface area contributed by atoms with E-state index in [1.54, 1.807) is 35.6 Å². The van der Waals surface area contributed by atoms with Crippen LogP contribution in [0.4, 0.5) is 18.9 Å². The number of halogens is 3. The summed E-state index contributed by atoms with van der Waals surface area (Å²) < 4.78 is 65.2. The van der Waals surface area contributed by atoms with Crippen molar-refractivity contribution in [1.29, 1.82) is 15.8 Å². The van der Waals surface area contributed by atoms with Gasteiger partial charge in [-0.25, -0.2) is 0 Å². The van der Waals surface area contributed by atoms with Crippen molar-refractivity contribution < 1.29 is 26.8 Å². The van der Waals surface area contributed by atoms with Crippen LogP contribution in [-0.4, -0.2) is 42.5 Å². The molecule has 1 atom stereocenters. The van der Waals surface area contributed by atoms with E-state index >= 15 is 13.2 Å². The van der Waals surface area contributed by atoms with Crippen molar-refractivity contribution in [3.8, 4) is 28.6 Å². The SMILES string of the molecule is CCN(CCO[Si](C)(C)C(C)(C)C)c1ccc(-c2ccc(/C=C/c3cc(CO[Si](C)(C)C(C)(C)C)c(/C=C/C4=C(C#N)C(=C(C#N)C#N)OC4(c4ccccc4)C(F)(F)F)s3)s2)cc1. The predicted octanol–water partition coefficient (Wildman–Crippen LogP) is 14.6. The molecule has 336 valence electrons. The third-order valence-electron chi connectivity index (χ3n) is 12.5. The smallest absolute Gasteiger partial charge is 0.437 e. The molecule has 0 saturated carbocycles. The quantitative estimate of drug-likeness (QED) is 0.0864. The van der Waals surface area contributed by atoms with Gasteiger partial charge in [0.15, 0.2) is 28.0 Å². The number of nitriles is 3. The van der Waals surface area contributed by atoms with Crippen molar-refractivity contribution in [2.24, 2.45) is 0 Å². The highest BCUT2D eigenvalue weighted by Crippen LogP contribution is 2.56. The van der Waals surface area contributed by atoms with Crippen molar-refractivity contribution in [3.63, 3.8) is 0 Å². The number of hydrogen-bond donors (Lipinski definition) is 0. The summed E-state index contributed by atoms with van der Waals surface area (Å²) >= 11 is 3.03. The number of alkyl halides is 3. The summed E-state index contributed by atoms with van der Waals surface area (Å²) in [6.07, 6.45) is 1.68. The average molecular weight is 939 g/mol. The average Bonchev–Trinajstić information content (AvgIpc) is 3.96. The van der Waals surface area contributed by atoms with Crippen molar-refractivity contribution in [1.82, 2.24) is 0 Å². The monoisotopic (exact) mass is 938 g/mol. The molecule has 1 unspecified atom stereocenters. The molecule has 2 aromatic heterocycles. The Labute approximate surface area is 387 Å². The number of benzene rings is 2. The second-order valence-corrected chi connectivity index (χ2v) is 30.5. The molecule has 3 heterocycles. The molecule has 14 heteroatoms. The topological polar surface area (TPSA) is 102 Å². The van der Waals surface area contributed by atoms with Crippen LogP contribution < -0.4 is 4.90 Å². The summed E-state index contributed by atoms with van der Waals surface area (Å²) in [5, 5.41) is 29.7. The summed E-state index contributed by atoms with van der Waals surface area (Å²) in [7, 11) is -4.08. The summed E-state index contributed by atoms with van der Waals surface area (Å²) in [5.74, 6) is -0.707. The summed E-state index contributed by atoms with van der Waals surface area (Å²) in [5.41, 5.74) is -2.22. The highest BCUT2D eigenvalue weighted by Gasteiger charge is 2.65. The van der Waals surface area contributed by atoms with Gasteiger partial charge in [-0.15, -0.1) is 22.7 Å². The maximum Gasteiger partial charge on any atom is 0.437 e. The maximum atomic E-state index is 15.5. The van der Waals surface area contributed by atoms with Crippen LogP contribution in [0.5, 0.6) is 0 Å². The van der Waals surface area contributed by atoms with Gasteiger partial charge >= 0.3 is 6.18 Å². The van der Waals surface area contributed by atoms with Crippen LogP contribution >= 0.6 is 22.7 Å². The largest absolute Gasteiger partial charge is 0.465 e. The number of likely N-dealkylation sites (N-methyl/N-ethyl adjacent to an activating group) is 1. The van der Waals surface area contributed by atoms with Gasteiger partial charge in [-0.05, 0) is 103 Å². The molecular weight excluding hydrogens is 882 g/mol. The molecule has 0 N–H and O–H groups in total. The van der Waals surface area contributed by atoms with E-state index in [4.69, 9.17) is 13.6 Å². The molecule has 1 aliphatic rings. The van der Waals surface area contributed by atoms with Gasteiger partial charge in [0.2, 0.25) is 0 Å². The maximum absolute atomic E-state index is 15.5. The molecule has 0 radical (unpaired) electrons. The van der Waals surface area contributed by atoms with E-state index < -0.39 is 50.9 Å². The van der Waals surface area contributed by atoms with E-state index in [1.807, 2.05) is 24.3 Å². The minimum Gasteiger partial charge on any atom is -0.465 e. The van der Waals surface area contributed by atoms with Crippen LogP contribution in [0, 0.1) is 34.0 Å². The highest BCUT2D eigenvalue weighted by molar-refractivity contribution is 7.16. The van der Waals surface area contributed by atoms with E-state index in [1.165, 1.54) is 41.7 Å². The lowest BCUT2D eigenvalue weighted by Gasteiger charge is -2.37. The van der Waals surface area contributed by atoms with Gasteiger partial charge in [0.1, 0.15) is 23.8 Å². The third kappa shape index (κ3) is 10.7.